The summed E-state index contributed by atoms with van der Waals surface area (Å²) in [6, 6.07) is 8.18. The van der Waals surface area contributed by atoms with Crippen molar-refractivity contribution >= 4 is 10.0 Å². The number of hydrogen-bond acceptors (Lipinski definition) is 5. The van der Waals surface area contributed by atoms with Crippen LogP contribution in [0.2, 0.25) is 0 Å². The first kappa shape index (κ1) is 14.0. The van der Waals surface area contributed by atoms with Crippen LogP contribution < -0.4 is 0 Å². The van der Waals surface area contributed by atoms with E-state index in [1.165, 1.54) is 4.31 Å². The summed E-state index contributed by atoms with van der Waals surface area (Å²) in [6.07, 6.45) is -1.45. The third kappa shape index (κ3) is 2.06. The number of benzene rings is 1. The van der Waals surface area contributed by atoms with Crippen LogP contribution in [0, 0.1) is 0 Å². The van der Waals surface area contributed by atoms with Crippen molar-refractivity contribution in [3.63, 3.8) is 0 Å². The molecule has 3 rings (SSSR count). The third-order valence-electron chi connectivity index (χ3n) is 4.10. The average Bonchev–Trinajstić information content (AvgIpc) is 2.75. The van der Waals surface area contributed by atoms with E-state index in [0.717, 1.165) is 0 Å². The second-order valence-corrected chi connectivity index (χ2v) is 7.19. The van der Waals surface area contributed by atoms with E-state index in [9.17, 15) is 18.6 Å². The number of aliphatic hydroxyl groups excluding tert-OH is 1. The predicted octanol–water partition coefficient (Wildman–Crippen LogP) is -0.428. The van der Waals surface area contributed by atoms with Crippen molar-refractivity contribution in [3.8, 4) is 0 Å². The lowest BCUT2D eigenvalue weighted by Gasteiger charge is -2.39. The van der Waals surface area contributed by atoms with Crippen LogP contribution in [0.25, 0.3) is 0 Å². The standard InChI is InChI=1S/C13H17NO5S/c15-11-9-19-12-8-14(7-6-13(11,12)16)20(17,18)10-4-2-1-3-5-10/h1-5,11-12,15-16H,6-9H2/t11-,12+,13-/m0/s1. The molecule has 2 fully saturated rings. The van der Waals surface area contributed by atoms with Gasteiger partial charge in [0.2, 0.25) is 10.0 Å². The van der Waals surface area contributed by atoms with E-state index >= 15 is 0 Å². The molecule has 2 saturated heterocycles. The van der Waals surface area contributed by atoms with Gasteiger partial charge >= 0.3 is 0 Å². The normalized spacial score (nSPS) is 34.9. The van der Waals surface area contributed by atoms with Crippen LogP contribution in [0.3, 0.4) is 0 Å². The zero-order chi connectivity index (χ0) is 14.4. The van der Waals surface area contributed by atoms with E-state index in [-0.39, 0.29) is 31.0 Å². The lowest BCUT2D eigenvalue weighted by atomic mass is 9.87. The maximum absolute atomic E-state index is 12.5. The summed E-state index contributed by atoms with van der Waals surface area (Å²) in [6.45, 7) is 0.274. The monoisotopic (exact) mass is 299 g/mol. The summed E-state index contributed by atoms with van der Waals surface area (Å²) in [5, 5.41) is 20.1. The first-order chi connectivity index (χ1) is 9.44. The highest BCUT2D eigenvalue weighted by Crippen LogP contribution is 2.35. The Morgan fingerprint density at radius 1 is 1.30 bits per heavy atom. The summed E-state index contributed by atoms with van der Waals surface area (Å²) in [4.78, 5) is 0.226. The zero-order valence-corrected chi connectivity index (χ0v) is 11.7. The van der Waals surface area contributed by atoms with E-state index in [1.807, 2.05) is 0 Å². The number of ether oxygens (including phenoxy) is 1. The minimum atomic E-state index is -3.58. The van der Waals surface area contributed by atoms with E-state index in [4.69, 9.17) is 4.74 Å². The van der Waals surface area contributed by atoms with Gasteiger partial charge in [-0.1, -0.05) is 18.2 Å². The largest absolute Gasteiger partial charge is 0.388 e. The van der Waals surface area contributed by atoms with Gasteiger partial charge in [0.1, 0.15) is 17.8 Å². The molecule has 0 aliphatic carbocycles. The minimum absolute atomic E-state index is 0.0421. The number of piperidine rings is 1. The molecule has 0 spiro atoms. The molecular formula is C13H17NO5S. The summed E-state index contributed by atoms with van der Waals surface area (Å²) in [5.41, 5.74) is -1.33. The number of fused-ring (bicyclic) bond motifs is 1. The Balaban J connectivity index is 1.84. The fraction of sp³-hybridized carbons (Fsp3) is 0.538. The lowest BCUT2D eigenvalue weighted by molar-refractivity contribution is -0.105. The van der Waals surface area contributed by atoms with Gasteiger partial charge in [-0.2, -0.15) is 4.31 Å². The molecule has 0 radical (unpaired) electrons. The quantitative estimate of drug-likeness (QED) is 0.774. The van der Waals surface area contributed by atoms with E-state index in [2.05, 4.69) is 0 Å². The maximum Gasteiger partial charge on any atom is 0.243 e. The smallest absolute Gasteiger partial charge is 0.243 e. The number of rotatable bonds is 2. The van der Waals surface area contributed by atoms with Gasteiger partial charge in [-0.25, -0.2) is 8.42 Å². The average molecular weight is 299 g/mol. The maximum atomic E-state index is 12.5. The molecule has 0 unspecified atom stereocenters. The van der Waals surface area contributed by atoms with Gasteiger partial charge < -0.3 is 14.9 Å². The first-order valence-corrected chi connectivity index (χ1v) is 7.96. The Hall–Kier alpha value is -0.990. The van der Waals surface area contributed by atoms with Crippen molar-refractivity contribution in [2.24, 2.45) is 0 Å². The van der Waals surface area contributed by atoms with Crippen molar-refractivity contribution in [1.29, 1.82) is 0 Å². The highest BCUT2D eigenvalue weighted by molar-refractivity contribution is 7.89. The van der Waals surface area contributed by atoms with Gasteiger partial charge in [0, 0.05) is 13.1 Å². The van der Waals surface area contributed by atoms with Crippen LogP contribution >= 0.6 is 0 Å². The van der Waals surface area contributed by atoms with E-state index in [0.29, 0.717) is 0 Å². The SMILES string of the molecule is O=S(=O)(c1ccccc1)N1CC[C@]2(O)[C@@H](O)CO[C@@H]2C1. The summed E-state index contributed by atoms with van der Waals surface area (Å²) >= 11 is 0. The number of aliphatic hydroxyl groups is 2. The fourth-order valence-electron chi connectivity index (χ4n) is 2.79. The van der Waals surface area contributed by atoms with Crippen molar-refractivity contribution in [1.82, 2.24) is 4.31 Å². The second kappa shape index (κ2) is 4.78. The fourth-order valence-corrected chi connectivity index (χ4v) is 4.25. The van der Waals surface area contributed by atoms with E-state index in [1.54, 1.807) is 30.3 Å². The summed E-state index contributed by atoms with van der Waals surface area (Å²) in [5.74, 6) is 0. The molecule has 1 aromatic carbocycles. The Morgan fingerprint density at radius 3 is 2.70 bits per heavy atom. The van der Waals surface area contributed by atoms with Crippen LogP contribution in [-0.2, 0) is 14.8 Å². The molecule has 0 saturated carbocycles. The molecule has 6 nitrogen and oxygen atoms in total. The van der Waals surface area contributed by atoms with Gasteiger partial charge in [0.15, 0.2) is 0 Å². The van der Waals surface area contributed by atoms with Gasteiger partial charge in [-0.05, 0) is 18.6 Å². The number of nitrogens with zero attached hydrogens (tertiary/aromatic N) is 1. The molecule has 0 aromatic heterocycles. The van der Waals surface area contributed by atoms with Crippen molar-refractivity contribution in [2.45, 2.75) is 29.1 Å². The van der Waals surface area contributed by atoms with Crippen molar-refractivity contribution < 1.29 is 23.4 Å². The lowest BCUT2D eigenvalue weighted by Crippen LogP contribution is -2.58. The molecule has 0 amide bonds. The first-order valence-electron chi connectivity index (χ1n) is 6.52. The highest BCUT2D eigenvalue weighted by atomic mass is 32.2. The van der Waals surface area contributed by atoms with Crippen molar-refractivity contribution in [2.75, 3.05) is 19.7 Å². The van der Waals surface area contributed by atoms with Gasteiger partial charge in [-0.15, -0.1) is 0 Å². The van der Waals surface area contributed by atoms with Crippen LogP contribution in [0.4, 0.5) is 0 Å². The zero-order valence-electron chi connectivity index (χ0n) is 10.8. The molecule has 2 N–H and O–H groups in total. The number of sulfonamides is 1. The summed E-state index contributed by atoms with van der Waals surface area (Å²) < 4.78 is 31.6. The molecule has 2 heterocycles. The Kier molecular flexibility index (Phi) is 3.34. The molecule has 0 bridgehead atoms. The summed E-state index contributed by atoms with van der Waals surface area (Å²) in [7, 11) is -3.58. The number of hydrogen-bond donors (Lipinski definition) is 2. The molecule has 1 aromatic rings. The Bertz CT molecular complexity index is 590. The van der Waals surface area contributed by atoms with Gasteiger partial charge in [-0.3, -0.25) is 0 Å². The van der Waals surface area contributed by atoms with Gasteiger partial charge in [0.05, 0.1) is 11.5 Å². The van der Waals surface area contributed by atoms with Crippen LogP contribution in [0.1, 0.15) is 6.42 Å². The highest BCUT2D eigenvalue weighted by Gasteiger charge is 2.54. The Morgan fingerprint density at radius 2 is 2.00 bits per heavy atom. The second-order valence-electron chi connectivity index (χ2n) is 5.26. The van der Waals surface area contributed by atoms with Crippen molar-refractivity contribution in [3.05, 3.63) is 30.3 Å². The molecule has 2 aliphatic rings. The molecular weight excluding hydrogens is 282 g/mol. The Labute approximate surface area is 117 Å². The van der Waals surface area contributed by atoms with Crippen LogP contribution in [0.5, 0.6) is 0 Å². The minimum Gasteiger partial charge on any atom is -0.388 e. The van der Waals surface area contributed by atoms with Gasteiger partial charge in [0.25, 0.3) is 0 Å². The molecule has 110 valence electrons. The topological polar surface area (TPSA) is 87.1 Å². The van der Waals surface area contributed by atoms with E-state index < -0.39 is 27.8 Å². The van der Waals surface area contributed by atoms with Crippen LogP contribution in [0.15, 0.2) is 35.2 Å². The predicted molar refractivity (Wildman–Crippen MR) is 70.5 cm³/mol. The molecule has 2 aliphatic heterocycles. The molecule has 7 heteroatoms. The molecule has 3 atom stereocenters. The van der Waals surface area contributed by atoms with Crippen LogP contribution in [-0.4, -0.2) is 60.4 Å². The molecule has 20 heavy (non-hydrogen) atoms. The third-order valence-corrected chi connectivity index (χ3v) is 5.98.